The van der Waals surface area contributed by atoms with Crippen LogP contribution in [0.25, 0.3) is 11.2 Å². The minimum absolute atomic E-state index is 0.0306. The van der Waals surface area contributed by atoms with Crippen molar-refractivity contribution in [3.8, 4) is 0 Å². The van der Waals surface area contributed by atoms with Gasteiger partial charge < -0.3 is 19.4 Å². The van der Waals surface area contributed by atoms with Crippen LogP contribution >= 0.6 is 0 Å². The second-order valence-corrected chi connectivity index (χ2v) is 3.67. The predicted octanol–water partition coefficient (Wildman–Crippen LogP) is -0.483. The maximum absolute atomic E-state index is 11.4. The van der Waals surface area contributed by atoms with E-state index in [1.165, 1.54) is 6.33 Å². The number of aromatic nitrogens is 4. The van der Waals surface area contributed by atoms with Crippen molar-refractivity contribution in [2.45, 2.75) is 19.1 Å². The van der Waals surface area contributed by atoms with Gasteiger partial charge in [0.1, 0.15) is 0 Å². The Hall–Kier alpha value is -1.73. The van der Waals surface area contributed by atoms with Gasteiger partial charge in [-0.2, -0.15) is 0 Å². The molecule has 0 bridgehead atoms. The van der Waals surface area contributed by atoms with Crippen molar-refractivity contribution in [3.05, 3.63) is 23.0 Å². The molecular formula is C10H14N4O3. The molecule has 0 unspecified atom stereocenters. The molecule has 0 saturated carbocycles. The van der Waals surface area contributed by atoms with E-state index in [0.717, 1.165) is 0 Å². The Morgan fingerprint density at radius 1 is 1.59 bits per heavy atom. The summed E-state index contributed by atoms with van der Waals surface area (Å²) in [5.41, 5.74) is 0.617. The first kappa shape index (κ1) is 11.7. The number of methoxy groups -OCH3 is 1. The summed E-state index contributed by atoms with van der Waals surface area (Å²) < 4.78 is 6.83. The molecule has 0 fully saturated rings. The fourth-order valence-corrected chi connectivity index (χ4v) is 1.62. The van der Waals surface area contributed by atoms with Gasteiger partial charge in [0.15, 0.2) is 11.2 Å². The maximum atomic E-state index is 11.4. The molecule has 0 saturated heterocycles. The number of hydrogen-bond acceptors (Lipinski definition) is 5. The molecule has 92 valence electrons. The van der Waals surface area contributed by atoms with E-state index in [9.17, 15) is 4.79 Å². The molecule has 1 atom stereocenters. The smallest absolute Gasteiger partial charge is 0.278 e. The fraction of sp³-hybridized carbons (Fsp3) is 0.500. The molecule has 2 N–H and O–H groups in total. The predicted molar refractivity (Wildman–Crippen MR) is 60.6 cm³/mol. The number of imidazole rings is 1. The van der Waals surface area contributed by atoms with E-state index in [1.807, 2.05) is 0 Å². The molecule has 2 aromatic heterocycles. The minimum Gasteiger partial charge on any atom is -0.394 e. The average molecular weight is 238 g/mol. The van der Waals surface area contributed by atoms with Gasteiger partial charge in [0.25, 0.3) is 5.56 Å². The lowest BCUT2D eigenvalue weighted by atomic mass is 10.2. The normalized spacial score (nSPS) is 13.1. The van der Waals surface area contributed by atoms with Crippen LogP contribution in [0.1, 0.15) is 6.42 Å². The quantitative estimate of drug-likeness (QED) is 0.733. The molecule has 0 aliphatic heterocycles. The summed E-state index contributed by atoms with van der Waals surface area (Å²) in [4.78, 5) is 21.9. The Labute approximate surface area is 97.1 Å². The van der Waals surface area contributed by atoms with Crippen LogP contribution in [-0.2, 0) is 11.3 Å². The Morgan fingerprint density at radius 2 is 2.41 bits per heavy atom. The van der Waals surface area contributed by atoms with E-state index in [2.05, 4.69) is 15.0 Å². The first-order valence-corrected chi connectivity index (χ1v) is 5.28. The molecule has 7 nitrogen and oxygen atoms in total. The summed E-state index contributed by atoms with van der Waals surface area (Å²) in [7, 11) is 1.55. The highest BCUT2D eigenvalue weighted by Gasteiger charge is 2.10. The monoisotopic (exact) mass is 238 g/mol. The summed E-state index contributed by atoms with van der Waals surface area (Å²) in [5.74, 6) is 0. The maximum Gasteiger partial charge on any atom is 0.278 e. The second kappa shape index (κ2) is 5.07. The molecule has 0 amide bonds. The highest BCUT2D eigenvalue weighted by atomic mass is 16.5. The summed E-state index contributed by atoms with van der Waals surface area (Å²) >= 11 is 0. The van der Waals surface area contributed by atoms with Crippen LogP contribution in [0.4, 0.5) is 0 Å². The molecular weight excluding hydrogens is 224 g/mol. The highest BCUT2D eigenvalue weighted by molar-refractivity contribution is 5.68. The average Bonchev–Trinajstić information content (AvgIpc) is 2.75. The van der Waals surface area contributed by atoms with E-state index in [4.69, 9.17) is 9.84 Å². The Balaban J connectivity index is 2.20. The van der Waals surface area contributed by atoms with Gasteiger partial charge in [-0.05, 0) is 6.42 Å². The minimum atomic E-state index is -0.251. The van der Waals surface area contributed by atoms with Crippen molar-refractivity contribution < 1.29 is 9.84 Å². The zero-order valence-electron chi connectivity index (χ0n) is 9.46. The van der Waals surface area contributed by atoms with Gasteiger partial charge >= 0.3 is 0 Å². The van der Waals surface area contributed by atoms with Gasteiger partial charge in [-0.3, -0.25) is 4.79 Å². The molecule has 2 rings (SSSR count). The van der Waals surface area contributed by atoms with Crippen molar-refractivity contribution in [2.24, 2.45) is 0 Å². The largest absolute Gasteiger partial charge is 0.394 e. The van der Waals surface area contributed by atoms with Crippen LogP contribution in [-0.4, -0.2) is 44.4 Å². The lowest BCUT2D eigenvalue weighted by Crippen LogP contribution is -2.18. The SMILES string of the molecule is CO[C@H](CO)CCn1cnc2c(=O)[nH]cnc21. The van der Waals surface area contributed by atoms with Crippen molar-refractivity contribution in [1.82, 2.24) is 19.5 Å². The number of aryl methyl sites for hydroxylation is 1. The summed E-state index contributed by atoms with van der Waals surface area (Å²) in [5, 5.41) is 8.99. The van der Waals surface area contributed by atoms with Crippen LogP contribution in [0.15, 0.2) is 17.4 Å². The van der Waals surface area contributed by atoms with E-state index in [0.29, 0.717) is 24.1 Å². The third-order valence-corrected chi connectivity index (χ3v) is 2.64. The Morgan fingerprint density at radius 3 is 3.12 bits per heavy atom. The van der Waals surface area contributed by atoms with Gasteiger partial charge in [-0.1, -0.05) is 0 Å². The van der Waals surface area contributed by atoms with E-state index >= 15 is 0 Å². The van der Waals surface area contributed by atoms with Crippen molar-refractivity contribution in [3.63, 3.8) is 0 Å². The lowest BCUT2D eigenvalue weighted by molar-refractivity contribution is 0.0405. The molecule has 0 spiro atoms. The van der Waals surface area contributed by atoms with E-state index in [1.54, 1.807) is 18.0 Å². The first-order valence-electron chi connectivity index (χ1n) is 5.28. The van der Waals surface area contributed by atoms with Gasteiger partial charge in [0.05, 0.1) is 25.4 Å². The number of ether oxygens (including phenoxy) is 1. The topological polar surface area (TPSA) is 93.0 Å². The van der Waals surface area contributed by atoms with Gasteiger partial charge in [-0.25, -0.2) is 9.97 Å². The standard InChI is InChI=1S/C10H14N4O3/c1-17-7(4-15)2-3-14-6-13-8-9(14)11-5-12-10(8)16/h5-7,15H,2-4H2,1H3,(H,11,12,16)/t7-/m0/s1. The van der Waals surface area contributed by atoms with Crippen molar-refractivity contribution in [1.29, 1.82) is 0 Å². The Bertz CT molecular complexity index is 544. The summed E-state index contributed by atoms with van der Waals surface area (Å²) in [6.07, 6.45) is 3.33. The molecule has 0 radical (unpaired) electrons. The zero-order valence-corrected chi connectivity index (χ0v) is 9.46. The van der Waals surface area contributed by atoms with Crippen molar-refractivity contribution >= 4 is 11.2 Å². The number of aliphatic hydroxyl groups excluding tert-OH is 1. The van der Waals surface area contributed by atoms with Gasteiger partial charge in [-0.15, -0.1) is 0 Å². The van der Waals surface area contributed by atoms with Gasteiger partial charge in [0, 0.05) is 13.7 Å². The number of fused-ring (bicyclic) bond motifs is 1. The van der Waals surface area contributed by atoms with Crippen LogP contribution < -0.4 is 5.56 Å². The van der Waals surface area contributed by atoms with Crippen LogP contribution in [0.3, 0.4) is 0 Å². The number of H-pyrrole nitrogens is 1. The number of hydrogen-bond donors (Lipinski definition) is 2. The number of aromatic amines is 1. The fourth-order valence-electron chi connectivity index (χ4n) is 1.62. The molecule has 0 aliphatic rings. The van der Waals surface area contributed by atoms with Gasteiger partial charge in [0.2, 0.25) is 0 Å². The number of nitrogens with zero attached hydrogens (tertiary/aromatic N) is 3. The van der Waals surface area contributed by atoms with E-state index < -0.39 is 0 Å². The molecule has 2 aromatic rings. The summed E-state index contributed by atoms with van der Waals surface area (Å²) in [6.45, 7) is 0.559. The number of aliphatic hydroxyl groups is 1. The Kier molecular flexibility index (Phi) is 3.50. The highest BCUT2D eigenvalue weighted by Crippen LogP contribution is 2.06. The second-order valence-electron chi connectivity index (χ2n) is 3.67. The molecule has 17 heavy (non-hydrogen) atoms. The third-order valence-electron chi connectivity index (χ3n) is 2.64. The number of nitrogens with one attached hydrogen (secondary N) is 1. The number of rotatable bonds is 5. The van der Waals surface area contributed by atoms with Crippen molar-refractivity contribution in [2.75, 3.05) is 13.7 Å². The lowest BCUT2D eigenvalue weighted by Gasteiger charge is -2.12. The molecule has 7 heteroatoms. The zero-order chi connectivity index (χ0) is 12.3. The van der Waals surface area contributed by atoms with Crippen LogP contribution in [0.5, 0.6) is 0 Å². The molecule has 0 aliphatic carbocycles. The molecule has 2 heterocycles. The van der Waals surface area contributed by atoms with Crippen LogP contribution in [0.2, 0.25) is 0 Å². The van der Waals surface area contributed by atoms with E-state index in [-0.39, 0.29) is 18.3 Å². The third kappa shape index (κ3) is 2.34. The van der Waals surface area contributed by atoms with Crippen LogP contribution in [0, 0.1) is 0 Å². The first-order chi connectivity index (χ1) is 8.26. The summed E-state index contributed by atoms with van der Waals surface area (Å²) in [6, 6.07) is 0. The molecule has 0 aromatic carbocycles.